The monoisotopic (exact) mass is 115 g/mol. The van der Waals surface area contributed by atoms with Crippen LogP contribution in [0.2, 0.25) is 0 Å². The lowest BCUT2D eigenvalue weighted by Gasteiger charge is -2.06. The lowest BCUT2D eigenvalue weighted by atomic mass is 10.2. The molecule has 0 unspecified atom stereocenters. The lowest BCUT2D eigenvalue weighted by Crippen LogP contribution is -2.13. The first kappa shape index (κ1) is 4.21. The minimum atomic E-state index is 1.01. The molecule has 0 aromatic heterocycles. The topological polar surface area (TPSA) is 3.24 Å². The van der Waals surface area contributed by atoms with Crippen LogP contribution in [0.4, 0.5) is 0 Å². The van der Waals surface area contributed by atoms with Gasteiger partial charge in [-0.2, -0.15) is 0 Å². The van der Waals surface area contributed by atoms with Gasteiger partial charge >= 0.3 is 0 Å². The molecule has 2 aliphatic rings. The van der Waals surface area contributed by atoms with Gasteiger partial charge in [-0.05, 0) is 12.8 Å². The van der Waals surface area contributed by atoms with Gasteiger partial charge in [0, 0.05) is 18.3 Å². The number of rotatable bonds is 0. The highest BCUT2D eigenvalue weighted by Crippen LogP contribution is 2.36. The predicted octanol–water partition coefficient (Wildman–Crippen LogP) is 1.11. The Balaban J connectivity index is 2.12. The summed E-state index contributed by atoms with van der Waals surface area (Å²) in [6, 6.07) is 0. The van der Waals surface area contributed by atoms with Crippen LogP contribution in [-0.4, -0.2) is 22.6 Å². The third-order valence-corrected chi connectivity index (χ3v) is 3.13. The normalized spacial score (nSPS) is 48.0. The minimum absolute atomic E-state index is 1.01. The fourth-order valence-corrected chi connectivity index (χ4v) is 2.52. The predicted molar refractivity (Wildman–Crippen MR) is 32.2 cm³/mol. The SMILES string of the molecule is C1CN2CCC1S2. The molecular weight excluding hydrogens is 106 g/mol. The molecule has 7 heavy (non-hydrogen) atoms. The Hall–Kier alpha value is 0.310. The first-order chi connectivity index (χ1) is 3.45. The van der Waals surface area contributed by atoms with Gasteiger partial charge in [0.15, 0.2) is 0 Å². The fraction of sp³-hybridized carbons (Fsp3) is 1.00. The molecule has 0 radical (unpaired) electrons. The van der Waals surface area contributed by atoms with E-state index in [0.717, 1.165) is 5.25 Å². The highest BCUT2D eigenvalue weighted by atomic mass is 32.2. The van der Waals surface area contributed by atoms with Gasteiger partial charge in [-0.1, -0.05) is 11.9 Å². The first-order valence-corrected chi connectivity index (χ1v) is 3.70. The maximum atomic E-state index is 2.48. The van der Waals surface area contributed by atoms with Crippen LogP contribution >= 0.6 is 11.9 Å². The van der Waals surface area contributed by atoms with E-state index in [1.807, 2.05) is 0 Å². The van der Waals surface area contributed by atoms with E-state index >= 15 is 0 Å². The van der Waals surface area contributed by atoms with E-state index in [2.05, 4.69) is 16.3 Å². The van der Waals surface area contributed by atoms with Crippen LogP contribution in [0.1, 0.15) is 12.8 Å². The zero-order valence-corrected chi connectivity index (χ0v) is 5.08. The van der Waals surface area contributed by atoms with Gasteiger partial charge in [-0.3, -0.25) is 4.31 Å². The number of fused-ring (bicyclic) bond motifs is 2. The van der Waals surface area contributed by atoms with E-state index in [1.165, 1.54) is 25.9 Å². The molecule has 2 rings (SSSR count). The number of nitrogens with zero attached hydrogens (tertiary/aromatic N) is 1. The van der Waals surface area contributed by atoms with Gasteiger partial charge in [0.2, 0.25) is 0 Å². The summed E-state index contributed by atoms with van der Waals surface area (Å²) in [5.74, 6) is 0. The maximum absolute atomic E-state index is 2.48. The number of piperidine rings is 1. The second-order valence-electron chi connectivity index (χ2n) is 2.23. The van der Waals surface area contributed by atoms with Crippen molar-refractivity contribution < 1.29 is 0 Å². The Kier molecular flexibility index (Phi) is 0.837. The quantitative estimate of drug-likeness (QED) is 0.435. The molecule has 2 aliphatic heterocycles. The van der Waals surface area contributed by atoms with Crippen LogP contribution in [0.25, 0.3) is 0 Å². The van der Waals surface area contributed by atoms with Crippen LogP contribution in [-0.2, 0) is 0 Å². The summed E-state index contributed by atoms with van der Waals surface area (Å²) in [4.78, 5) is 0. The Morgan fingerprint density at radius 2 is 2.00 bits per heavy atom. The molecule has 40 valence electrons. The van der Waals surface area contributed by atoms with Crippen molar-refractivity contribution in [3.05, 3.63) is 0 Å². The Morgan fingerprint density at radius 1 is 1.29 bits per heavy atom. The van der Waals surface area contributed by atoms with Gasteiger partial charge in [-0.25, -0.2) is 0 Å². The summed E-state index contributed by atoms with van der Waals surface area (Å²) in [6.07, 6.45) is 2.90. The number of hydrogen-bond acceptors (Lipinski definition) is 2. The summed E-state index contributed by atoms with van der Waals surface area (Å²) >= 11 is 2.06. The van der Waals surface area contributed by atoms with Crippen molar-refractivity contribution in [2.24, 2.45) is 0 Å². The van der Waals surface area contributed by atoms with E-state index in [9.17, 15) is 0 Å². The average Bonchev–Trinajstić information content (AvgIpc) is 2.22. The van der Waals surface area contributed by atoms with Gasteiger partial charge in [0.1, 0.15) is 0 Å². The van der Waals surface area contributed by atoms with Crippen LogP contribution in [0.15, 0.2) is 0 Å². The molecular formula is C5H9NS. The summed E-state index contributed by atoms with van der Waals surface area (Å²) in [5.41, 5.74) is 0. The Bertz CT molecular complexity index is 66.1. The second kappa shape index (κ2) is 1.39. The van der Waals surface area contributed by atoms with Gasteiger partial charge in [0.25, 0.3) is 0 Å². The molecule has 0 saturated carbocycles. The molecule has 2 bridgehead atoms. The Morgan fingerprint density at radius 3 is 2.14 bits per heavy atom. The van der Waals surface area contributed by atoms with Crippen LogP contribution in [0, 0.1) is 0 Å². The minimum Gasteiger partial charge on any atom is -0.250 e. The van der Waals surface area contributed by atoms with E-state index < -0.39 is 0 Å². The smallest absolute Gasteiger partial charge is 0.0220 e. The lowest BCUT2D eigenvalue weighted by molar-refractivity contribution is 0.441. The van der Waals surface area contributed by atoms with Crippen molar-refractivity contribution in [1.29, 1.82) is 0 Å². The molecule has 0 aromatic rings. The largest absolute Gasteiger partial charge is 0.250 e. The van der Waals surface area contributed by atoms with Crippen LogP contribution in [0.3, 0.4) is 0 Å². The average molecular weight is 115 g/mol. The molecule has 1 nitrogen and oxygen atoms in total. The van der Waals surface area contributed by atoms with Crippen molar-refractivity contribution >= 4 is 11.9 Å². The van der Waals surface area contributed by atoms with Gasteiger partial charge < -0.3 is 0 Å². The van der Waals surface area contributed by atoms with Gasteiger partial charge in [-0.15, -0.1) is 0 Å². The molecule has 0 spiro atoms. The van der Waals surface area contributed by atoms with Crippen molar-refractivity contribution in [1.82, 2.24) is 4.31 Å². The molecule has 0 amide bonds. The van der Waals surface area contributed by atoms with E-state index in [0.29, 0.717) is 0 Å². The van der Waals surface area contributed by atoms with E-state index in [-0.39, 0.29) is 0 Å². The van der Waals surface area contributed by atoms with Crippen LogP contribution < -0.4 is 0 Å². The fourth-order valence-electron chi connectivity index (χ4n) is 1.25. The Labute approximate surface area is 48.2 Å². The first-order valence-electron chi connectivity index (χ1n) is 2.87. The van der Waals surface area contributed by atoms with Crippen LogP contribution in [0.5, 0.6) is 0 Å². The molecule has 2 heterocycles. The molecule has 0 aromatic carbocycles. The molecule has 0 aliphatic carbocycles. The van der Waals surface area contributed by atoms with E-state index in [1.54, 1.807) is 0 Å². The molecule has 2 fully saturated rings. The third-order valence-electron chi connectivity index (χ3n) is 1.70. The zero-order chi connectivity index (χ0) is 4.69. The van der Waals surface area contributed by atoms with Crippen molar-refractivity contribution in [2.75, 3.05) is 13.1 Å². The van der Waals surface area contributed by atoms with Crippen molar-refractivity contribution in [2.45, 2.75) is 18.1 Å². The summed E-state index contributed by atoms with van der Waals surface area (Å²) in [6.45, 7) is 2.71. The van der Waals surface area contributed by atoms with Crippen molar-refractivity contribution in [3.63, 3.8) is 0 Å². The second-order valence-corrected chi connectivity index (χ2v) is 3.63. The summed E-state index contributed by atoms with van der Waals surface area (Å²) in [5, 5.41) is 1.01. The third kappa shape index (κ3) is 0.572. The highest BCUT2D eigenvalue weighted by Gasteiger charge is 2.29. The molecule has 2 heteroatoms. The molecule has 0 N–H and O–H groups in total. The maximum Gasteiger partial charge on any atom is 0.0220 e. The standard InChI is InChI=1S/C5H9NS/c1-3-6-4-2-5(1)7-6/h5H,1-4H2. The molecule has 0 atom stereocenters. The molecule has 2 saturated heterocycles. The zero-order valence-electron chi connectivity index (χ0n) is 4.26. The highest BCUT2D eigenvalue weighted by molar-refractivity contribution is 7.98. The summed E-state index contributed by atoms with van der Waals surface area (Å²) < 4.78 is 2.48. The van der Waals surface area contributed by atoms with Gasteiger partial charge in [0.05, 0.1) is 0 Å². The summed E-state index contributed by atoms with van der Waals surface area (Å²) in [7, 11) is 0. The number of hydrogen-bond donors (Lipinski definition) is 0. The van der Waals surface area contributed by atoms with Crippen molar-refractivity contribution in [3.8, 4) is 0 Å². The van der Waals surface area contributed by atoms with E-state index in [4.69, 9.17) is 0 Å².